The molecular weight excluding hydrogens is 438 g/mol. The molecule has 0 saturated carbocycles. The first-order valence-electron chi connectivity index (χ1n) is 11.4. The molecule has 0 radical (unpaired) electrons. The summed E-state index contributed by atoms with van der Waals surface area (Å²) < 4.78 is 27.4. The number of carbonyl (C=O) groups excluding carboxylic acids is 2. The van der Waals surface area contributed by atoms with Crippen LogP contribution in [0.5, 0.6) is 0 Å². The maximum Gasteiger partial charge on any atom is 0.253 e. The summed E-state index contributed by atoms with van der Waals surface area (Å²) in [7, 11) is -3.72. The molecular formula is C25H33N3O4S. The highest BCUT2D eigenvalue weighted by Gasteiger charge is 2.30. The number of Topliss-reactive ketones (excluding diaryl/α,β-unsaturated/α-hetero) is 1. The Morgan fingerprint density at radius 3 is 2.15 bits per heavy atom. The molecule has 33 heavy (non-hydrogen) atoms. The zero-order valence-corrected chi connectivity index (χ0v) is 20.6. The van der Waals surface area contributed by atoms with Gasteiger partial charge in [0.25, 0.3) is 5.91 Å². The van der Waals surface area contributed by atoms with E-state index < -0.39 is 10.0 Å². The molecule has 1 heterocycles. The highest BCUT2D eigenvalue weighted by atomic mass is 32.2. The summed E-state index contributed by atoms with van der Waals surface area (Å²) in [5.74, 6) is -0.270. The average molecular weight is 472 g/mol. The van der Waals surface area contributed by atoms with Gasteiger partial charge in [-0.15, -0.1) is 0 Å². The lowest BCUT2D eigenvalue weighted by molar-refractivity contribution is 0.0697. The van der Waals surface area contributed by atoms with Gasteiger partial charge < -0.3 is 4.90 Å². The topological polar surface area (TPSA) is 78.0 Å². The Balaban J connectivity index is 1.63. The van der Waals surface area contributed by atoms with Crippen LogP contribution >= 0.6 is 0 Å². The minimum absolute atomic E-state index is 0.0895. The summed E-state index contributed by atoms with van der Waals surface area (Å²) in [6.45, 7) is 10.8. The van der Waals surface area contributed by atoms with Gasteiger partial charge in [0.2, 0.25) is 10.0 Å². The van der Waals surface area contributed by atoms with E-state index in [4.69, 9.17) is 0 Å². The fraction of sp³-hybridized carbons (Fsp3) is 0.440. The fourth-order valence-corrected chi connectivity index (χ4v) is 5.45. The number of sulfonamides is 1. The highest BCUT2D eigenvalue weighted by Crippen LogP contribution is 2.20. The number of amides is 1. The number of piperazine rings is 1. The van der Waals surface area contributed by atoms with Gasteiger partial charge >= 0.3 is 0 Å². The molecule has 2 aromatic carbocycles. The van der Waals surface area contributed by atoms with Crippen molar-refractivity contribution in [2.75, 3.05) is 32.7 Å². The van der Waals surface area contributed by atoms with Crippen LogP contribution in [0.3, 0.4) is 0 Å². The van der Waals surface area contributed by atoms with Gasteiger partial charge in [0.15, 0.2) is 5.78 Å². The third kappa shape index (κ3) is 5.88. The second kappa shape index (κ2) is 10.6. The van der Waals surface area contributed by atoms with E-state index in [1.807, 2.05) is 24.3 Å². The zero-order chi connectivity index (χ0) is 24.2. The van der Waals surface area contributed by atoms with Gasteiger partial charge in [-0.25, -0.2) is 8.42 Å². The van der Waals surface area contributed by atoms with Crippen LogP contribution in [0, 0.1) is 0 Å². The van der Waals surface area contributed by atoms with E-state index in [-0.39, 0.29) is 29.7 Å². The van der Waals surface area contributed by atoms with Crippen LogP contribution in [0.25, 0.3) is 0 Å². The quantitative estimate of drug-likeness (QED) is 0.552. The number of carbonyl (C=O) groups is 2. The van der Waals surface area contributed by atoms with Crippen molar-refractivity contribution in [2.45, 2.75) is 45.2 Å². The first-order chi connectivity index (χ1) is 15.6. The lowest BCUT2D eigenvalue weighted by Gasteiger charge is -2.34. The smallest absolute Gasteiger partial charge is 0.253 e. The monoisotopic (exact) mass is 471 g/mol. The van der Waals surface area contributed by atoms with E-state index >= 15 is 0 Å². The van der Waals surface area contributed by atoms with E-state index in [9.17, 15) is 18.0 Å². The van der Waals surface area contributed by atoms with Crippen molar-refractivity contribution in [3.8, 4) is 0 Å². The molecule has 2 aromatic rings. The van der Waals surface area contributed by atoms with Crippen LogP contribution in [-0.2, 0) is 16.6 Å². The molecule has 1 aliphatic heterocycles. The Morgan fingerprint density at radius 1 is 0.970 bits per heavy atom. The number of hydrogen-bond donors (Lipinski definition) is 0. The summed E-state index contributed by atoms with van der Waals surface area (Å²) in [4.78, 5) is 28.7. The van der Waals surface area contributed by atoms with E-state index in [2.05, 4.69) is 25.7 Å². The lowest BCUT2D eigenvalue weighted by atomic mass is 10.1. The Morgan fingerprint density at radius 2 is 1.61 bits per heavy atom. The predicted octanol–water partition coefficient (Wildman–Crippen LogP) is 3.27. The number of ketones is 1. The zero-order valence-electron chi connectivity index (χ0n) is 19.8. The van der Waals surface area contributed by atoms with Gasteiger partial charge in [-0.2, -0.15) is 4.31 Å². The first kappa shape index (κ1) is 25.1. The maximum absolute atomic E-state index is 13.0. The van der Waals surface area contributed by atoms with E-state index in [1.165, 1.54) is 23.4 Å². The van der Waals surface area contributed by atoms with Gasteiger partial charge in [0.1, 0.15) is 0 Å². The number of rotatable bonds is 8. The summed E-state index contributed by atoms with van der Waals surface area (Å²) in [5, 5.41) is 0. The lowest BCUT2D eigenvalue weighted by Crippen LogP contribution is -2.50. The highest BCUT2D eigenvalue weighted by molar-refractivity contribution is 7.89. The molecule has 0 bridgehead atoms. The molecule has 0 spiro atoms. The summed E-state index contributed by atoms with van der Waals surface area (Å²) in [6, 6.07) is 14.2. The van der Waals surface area contributed by atoms with Crippen LogP contribution in [0.2, 0.25) is 0 Å². The predicted molar refractivity (Wildman–Crippen MR) is 129 cm³/mol. The summed E-state index contributed by atoms with van der Waals surface area (Å²) >= 11 is 0. The van der Waals surface area contributed by atoms with Crippen LogP contribution < -0.4 is 0 Å². The maximum atomic E-state index is 13.0. The second-order valence-electron chi connectivity index (χ2n) is 8.63. The van der Waals surface area contributed by atoms with Crippen LogP contribution in [0.4, 0.5) is 0 Å². The largest absolute Gasteiger partial charge is 0.336 e. The normalized spacial score (nSPS) is 15.3. The van der Waals surface area contributed by atoms with E-state index in [0.717, 1.165) is 18.7 Å². The molecule has 0 atom stereocenters. The summed E-state index contributed by atoms with van der Waals surface area (Å²) in [5.41, 5.74) is 2.13. The van der Waals surface area contributed by atoms with Crippen molar-refractivity contribution in [2.24, 2.45) is 0 Å². The number of hydrogen-bond acceptors (Lipinski definition) is 5. The van der Waals surface area contributed by atoms with Crippen molar-refractivity contribution < 1.29 is 18.0 Å². The van der Waals surface area contributed by atoms with Crippen molar-refractivity contribution in [1.82, 2.24) is 14.1 Å². The van der Waals surface area contributed by atoms with Crippen molar-refractivity contribution in [1.29, 1.82) is 0 Å². The average Bonchev–Trinajstić information content (AvgIpc) is 2.82. The van der Waals surface area contributed by atoms with Crippen LogP contribution in [0.1, 0.15) is 54.0 Å². The van der Waals surface area contributed by atoms with Gasteiger partial charge in [0, 0.05) is 49.9 Å². The fourth-order valence-electron chi connectivity index (χ4n) is 3.99. The summed E-state index contributed by atoms with van der Waals surface area (Å²) in [6.07, 6.45) is 0. The third-order valence-corrected chi connectivity index (χ3v) is 8.02. The van der Waals surface area contributed by atoms with Crippen molar-refractivity contribution in [3.05, 3.63) is 65.2 Å². The van der Waals surface area contributed by atoms with E-state index in [1.54, 1.807) is 17.0 Å². The van der Waals surface area contributed by atoms with Gasteiger partial charge in [-0.3, -0.25) is 14.5 Å². The van der Waals surface area contributed by atoms with Gasteiger partial charge in [-0.1, -0.05) is 31.2 Å². The minimum atomic E-state index is -3.72. The molecule has 0 unspecified atom stereocenters. The molecule has 0 aromatic heterocycles. The van der Waals surface area contributed by atoms with E-state index in [0.29, 0.717) is 30.3 Å². The second-order valence-corrected chi connectivity index (χ2v) is 10.6. The van der Waals surface area contributed by atoms with Crippen molar-refractivity contribution in [3.63, 3.8) is 0 Å². The number of benzene rings is 2. The van der Waals surface area contributed by atoms with Crippen LogP contribution in [0.15, 0.2) is 53.4 Å². The Hall–Kier alpha value is -2.55. The molecule has 1 saturated heterocycles. The van der Waals surface area contributed by atoms with Crippen LogP contribution in [-0.4, -0.2) is 73.0 Å². The minimum Gasteiger partial charge on any atom is -0.336 e. The first-order valence-corrected chi connectivity index (χ1v) is 12.8. The molecule has 0 N–H and O–H groups in total. The van der Waals surface area contributed by atoms with Gasteiger partial charge in [-0.05, 0) is 57.1 Å². The molecule has 1 amide bonds. The molecule has 1 fully saturated rings. The van der Waals surface area contributed by atoms with Gasteiger partial charge in [0.05, 0.1) is 4.90 Å². The molecule has 0 aliphatic carbocycles. The standard InChI is InChI=1S/C25H33N3O4S/c1-5-26(19(2)3)18-21-9-11-22(12-10-21)25(30)27-13-15-28(16-14-27)33(31,32)24-8-6-7-23(17-24)20(4)29/h6-12,17,19H,5,13-16,18H2,1-4H3. The molecule has 8 heteroatoms. The third-order valence-electron chi connectivity index (χ3n) is 6.13. The number of nitrogens with zero attached hydrogens (tertiary/aromatic N) is 3. The Labute approximate surface area is 197 Å². The molecule has 7 nitrogen and oxygen atoms in total. The SMILES string of the molecule is CCN(Cc1ccc(C(=O)N2CCN(S(=O)(=O)c3cccc(C(C)=O)c3)CC2)cc1)C(C)C. The Bertz CT molecular complexity index is 1090. The Kier molecular flexibility index (Phi) is 8.05. The molecule has 3 rings (SSSR count). The van der Waals surface area contributed by atoms with Crippen molar-refractivity contribution >= 4 is 21.7 Å². The molecule has 1 aliphatic rings. The molecule has 178 valence electrons.